The second kappa shape index (κ2) is 4.29. The zero-order valence-electron chi connectivity index (χ0n) is 9.31. The number of hydrogen-bond donors (Lipinski definition) is 2. The Hall–Kier alpha value is -1.69. The van der Waals surface area contributed by atoms with Gasteiger partial charge >= 0.3 is 0 Å². The standard InChI is InChI=1S/C11H13N5S/c12-9-5-10(14-6-13-9)16-11-15-7-3-1-2-4-8(7)17-11/h5-6H,1-4H2,(H3,12,13,14,15,16). The minimum atomic E-state index is 0.462. The number of aromatic nitrogens is 3. The van der Waals surface area contributed by atoms with Gasteiger partial charge in [0.1, 0.15) is 18.0 Å². The summed E-state index contributed by atoms with van der Waals surface area (Å²) >= 11 is 1.71. The fourth-order valence-corrected chi connectivity index (χ4v) is 3.01. The van der Waals surface area contributed by atoms with E-state index in [-0.39, 0.29) is 0 Å². The Labute approximate surface area is 103 Å². The molecular weight excluding hydrogens is 234 g/mol. The van der Waals surface area contributed by atoms with Gasteiger partial charge in [0.05, 0.1) is 5.69 Å². The van der Waals surface area contributed by atoms with Crippen LogP contribution < -0.4 is 11.1 Å². The topological polar surface area (TPSA) is 76.7 Å². The van der Waals surface area contributed by atoms with Crippen molar-refractivity contribution in [2.75, 3.05) is 11.1 Å². The molecule has 1 aliphatic carbocycles. The molecule has 88 valence electrons. The lowest BCUT2D eigenvalue weighted by Gasteiger charge is -2.06. The maximum Gasteiger partial charge on any atom is 0.188 e. The summed E-state index contributed by atoms with van der Waals surface area (Å²) in [7, 11) is 0. The molecule has 6 heteroatoms. The average molecular weight is 247 g/mol. The van der Waals surface area contributed by atoms with Crippen molar-refractivity contribution in [3.8, 4) is 0 Å². The first kappa shape index (κ1) is 10.5. The molecule has 2 heterocycles. The van der Waals surface area contributed by atoms with Gasteiger partial charge in [-0.05, 0) is 25.7 Å². The number of hydrogen-bond acceptors (Lipinski definition) is 6. The first-order valence-corrected chi connectivity index (χ1v) is 6.46. The van der Waals surface area contributed by atoms with Crippen LogP contribution in [-0.4, -0.2) is 15.0 Å². The first-order valence-electron chi connectivity index (χ1n) is 5.64. The Morgan fingerprint density at radius 2 is 2.12 bits per heavy atom. The molecule has 3 rings (SSSR count). The van der Waals surface area contributed by atoms with E-state index in [4.69, 9.17) is 5.73 Å². The number of rotatable bonds is 2. The van der Waals surface area contributed by atoms with Crippen molar-refractivity contribution < 1.29 is 0 Å². The number of anilines is 3. The molecule has 1 aliphatic rings. The molecule has 0 unspecified atom stereocenters. The Kier molecular flexibility index (Phi) is 2.64. The van der Waals surface area contributed by atoms with Crippen LogP contribution in [0.15, 0.2) is 12.4 Å². The van der Waals surface area contributed by atoms with E-state index in [9.17, 15) is 0 Å². The molecular formula is C11H13N5S. The van der Waals surface area contributed by atoms with Gasteiger partial charge < -0.3 is 11.1 Å². The Bertz CT molecular complexity index is 513. The molecule has 5 nitrogen and oxygen atoms in total. The van der Waals surface area contributed by atoms with Crippen molar-refractivity contribution in [2.45, 2.75) is 25.7 Å². The molecule has 0 saturated carbocycles. The highest BCUT2D eigenvalue weighted by molar-refractivity contribution is 7.15. The van der Waals surface area contributed by atoms with Crippen molar-refractivity contribution in [1.29, 1.82) is 0 Å². The van der Waals surface area contributed by atoms with Crippen molar-refractivity contribution in [3.63, 3.8) is 0 Å². The zero-order valence-corrected chi connectivity index (χ0v) is 10.1. The van der Waals surface area contributed by atoms with Gasteiger partial charge in [0.2, 0.25) is 0 Å². The lowest BCUT2D eigenvalue weighted by atomic mass is 10.0. The number of thiazole rings is 1. The van der Waals surface area contributed by atoms with E-state index < -0.39 is 0 Å². The predicted molar refractivity (Wildman–Crippen MR) is 68.5 cm³/mol. The molecule has 17 heavy (non-hydrogen) atoms. The van der Waals surface area contributed by atoms with E-state index >= 15 is 0 Å². The fourth-order valence-electron chi connectivity index (χ4n) is 1.96. The van der Waals surface area contributed by atoms with Gasteiger partial charge in [-0.25, -0.2) is 15.0 Å². The number of nitrogens with zero attached hydrogens (tertiary/aromatic N) is 3. The van der Waals surface area contributed by atoms with Crippen molar-refractivity contribution in [3.05, 3.63) is 23.0 Å². The third kappa shape index (κ3) is 2.21. The van der Waals surface area contributed by atoms with Crippen LogP contribution in [0.5, 0.6) is 0 Å². The van der Waals surface area contributed by atoms with E-state index in [0.717, 1.165) is 18.0 Å². The largest absolute Gasteiger partial charge is 0.384 e. The van der Waals surface area contributed by atoms with Gasteiger partial charge in [-0.2, -0.15) is 0 Å². The van der Waals surface area contributed by atoms with Gasteiger partial charge in [-0.15, -0.1) is 11.3 Å². The van der Waals surface area contributed by atoms with E-state index in [1.165, 1.54) is 29.7 Å². The molecule has 0 radical (unpaired) electrons. The number of nitrogens with two attached hydrogens (primary N) is 1. The highest BCUT2D eigenvalue weighted by Crippen LogP contribution is 2.30. The van der Waals surface area contributed by atoms with Crippen LogP contribution in [0.25, 0.3) is 0 Å². The van der Waals surface area contributed by atoms with Gasteiger partial charge in [0, 0.05) is 10.9 Å². The van der Waals surface area contributed by atoms with Gasteiger partial charge in [-0.1, -0.05) is 0 Å². The lowest BCUT2D eigenvalue weighted by molar-refractivity contribution is 0.683. The highest BCUT2D eigenvalue weighted by atomic mass is 32.1. The van der Waals surface area contributed by atoms with Crippen LogP contribution in [0.2, 0.25) is 0 Å². The van der Waals surface area contributed by atoms with E-state index in [1.54, 1.807) is 17.4 Å². The number of fused-ring (bicyclic) bond motifs is 1. The molecule has 0 aliphatic heterocycles. The number of nitrogens with one attached hydrogen (secondary N) is 1. The van der Waals surface area contributed by atoms with E-state index in [0.29, 0.717) is 11.6 Å². The molecule has 2 aromatic rings. The monoisotopic (exact) mass is 247 g/mol. The normalized spacial score (nSPS) is 14.4. The SMILES string of the molecule is Nc1cc(Nc2nc3c(s2)CCCC3)ncn1. The smallest absolute Gasteiger partial charge is 0.188 e. The molecule has 2 aromatic heterocycles. The van der Waals surface area contributed by atoms with Crippen LogP contribution in [0.3, 0.4) is 0 Å². The molecule has 0 fully saturated rings. The third-order valence-electron chi connectivity index (χ3n) is 2.77. The van der Waals surface area contributed by atoms with Crippen LogP contribution in [0.4, 0.5) is 16.8 Å². The molecule has 0 saturated heterocycles. The van der Waals surface area contributed by atoms with Gasteiger partial charge in [0.25, 0.3) is 0 Å². The summed E-state index contributed by atoms with van der Waals surface area (Å²) in [5.74, 6) is 1.16. The molecule has 0 spiro atoms. The fraction of sp³-hybridized carbons (Fsp3) is 0.364. The van der Waals surface area contributed by atoms with Crippen molar-refractivity contribution in [2.24, 2.45) is 0 Å². The summed E-state index contributed by atoms with van der Waals surface area (Å²) in [6.45, 7) is 0. The highest BCUT2D eigenvalue weighted by Gasteiger charge is 2.15. The summed E-state index contributed by atoms with van der Waals surface area (Å²) in [5.41, 5.74) is 6.84. The van der Waals surface area contributed by atoms with Crippen LogP contribution in [-0.2, 0) is 12.8 Å². The van der Waals surface area contributed by atoms with Gasteiger partial charge in [-0.3, -0.25) is 0 Å². The molecule has 0 atom stereocenters. The minimum absolute atomic E-state index is 0.462. The predicted octanol–water partition coefficient (Wildman–Crippen LogP) is 2.14. The van der Waals surface area contributed by atoms with Crippen molar-refractivity contribution in [1.82, 2.24) is 15.0 Å². The summed E-state index contributed by atoms with van der Waals surface area (Å²) in [5, 5.41) is 4.08. The van der Waals surface area contributed by atoms with Crippen LogP contribution >= 0.6 is 11.3 Å². The second-order valence-corrected chi connectivity index (χ2v) is 5.13. The summed E-state index contributed by atoms with van der Waals surface area (Å²) in [6.07, 6.45) is 6.22. The van der Waals surface area contributed by atoms with E-state index in [2.05, 4.69) is 20.3 Å². The zero-order chi connectivity index (χ0) is 11.7. The second-order valence-electron chi connectivity index (χ2n) is 4.05. The molecule has 0 bridgehead atoms. The van der Waals surface area contributed by atoms with Gasteiger partial charge in [0.15, 0.2) is 5.13 Å². The first-order chi connectivity index (χ1) is 8.31. The average Bonchev–Trinajstić information content (AvgIpc) is 2.71. The quantitative estimate of drug-likeness (QED) is 0.850. The van der Waals surface area contributed by atoms with Crippen LogP contribution in [0.1, 0.15) is 23.4 Å². The number of aryl methyl sites for hydroxylation is 2. The Morgan fingerprint density at radius 1 is 1.24 bits per heavy atom. The third-order valence-corrected chi connectivity index (χ3v) is 3.84. The Morgan fingerprint density at radius 3 is 2.94 bits per heavy atom. The van der Waals surface area contributed by atoms with E-state index in [1.807, 2.05) is 0 Å². The molecule has 0 aromatic carbocycles. The minimum Gasteiger partial charge on any atom is -0.384 e. The summed E-state index contributed by atoms with van der Waals surface area (Å²) in [6, 6.07) is 1.71. The molecule has 3 N–H and O–H groups in total. The molecule has 0 amide bonds. The maximum absolute atomic E-state index is 5.60. The summed E-state index contributed by atoms with van der Waals surface area (Å²) in [4.78, 5) is 13.9. The lowest BCUT2D eigenvalue weighted by Crippen LogP contribution is -1.99. The maximum atomic E-state index is 5.60. The van der Waals surface area contributed by atoms with Crippen molar-refractivity contribution >= 4 is 28.1 Å². The summed E-state index contributed by atoms with van der Waals surface area (Å²) < 4.78 is 0. The number of nitrogen functional groups attached to an aromatic ring is 1. The Balaban J connectivity index is 1.83. The van der Waals surface area contributed by atoms with Crippen LogP contribution in [0, 0.1) is 0 Å².